The maximum atomic E-state index is 14.1. The molecule has 1 aromatic rings. The van der Waals surface area contributed by atoms with Gasteiger partial charge in [0.15, 0.2) is 6.10 Å². The number of carboxylic acids is 2. The van der Waals surface area contributed by atoms with E-state index < -0.39 is 23.5 Å². The molecule has 6 rings (SSSR count). The van der Waals surface area contributed by atoms with Gasteiger partial charge in [0.2, 0.25) is 5.91 Å². The lowest BCUT2D eigenvalue weighted by atomic mass is 9.32. The van der Waals surface area contributed by atoms with Crippen LogP contribution in [0.1, 0.15) is 115 Å². The molecule has 5 aliphatic carbocycles. The van der Waals surface area contributed by atoms with Crippen molar-refractivity contribution in [1.29, 1.82) is 0 Å². The fraction of sp³-hybridized carbons (Fsp3) is 0.675. The van der Waals surface area contributed by atoms with Crippen LogP contribution >= 0.6 is 0 Å². The highest BCUT2D eigenvalue weighted by Crippen LogP contribution is 2.77. The molecular formula is C40H55NO6. The van der Waals surface area contributed by atoms with Crippen molar-refractivity contribution in [2.24, 2.45) is 56.7 Å². The van der Waals surface area contributed by atoms with Gasteiger partial charge in [-0.05, 0) is 139 Å². The summed E-state index contributed by atoms with van der Waals surface area (Å²) in [4.78, 5) is 36.9. The first-order valence-corrected chi connectivity index (χ1v) is 17.8. The Hall–Kier alpha value is -2.93. The fourth-order valence-corrected chi connectivity index (χ4v) is 12.9. The van der Waals surface area contributed by atoms with E-state index >= 15 is 0 Å². The Kier molecular flexibility index (Phi) is 8.18. The normalized spacial score (nSPS) is 40.8. The van der Waals surface area contributed by atoms with Crippen LogP contribution in [0.15, 0.2) is 42.5 Å². The number of aliphatic hydroxyl groups is 1. The minimum Gasteiger partial charge on any atom is -0.479 e. The predicted octanol–water partition coefficient (Wildman–Crippen LogP) is 7.60. The molecule has 1 aromatic carbocycles. The highest BCUT2D eigenvalue weighted by molar-refractivity contribution is 5.88. The average Bonchev–Trinajstić information content (AvgIpc) is 3.41. The largest absolute Gasteiger partial charge is 0.479 e. The summed E-state index contributed by atoms with van der Waals surface area (Å²) < 4.78 is 0. The van der Waals surface area contributed by atoms with E-state index in [1.807, 2.05) is 12.1 Å². The van der Waals surface area contributed by atoms with Gasteiger partial charge in [-0.15, -0.1) is 0 Å². The number of carbonyl (C=O) groups is 3. The number of amides is 1. The van der Waals surface area contributed by atoms with Crippen molar-refractivity contribution in [3.05, 3.63) is 53.6 Å². The molecule has 7 nitrogen and oxygen atoms in total. The molecule has 0 spiro atoms. The van der Waals surface area contributed by atoms with Gasteiger partial charge in [0.05, 0.1) is 17.5 Å². The van der Waals surface area contributed by atoms with Crippen molar-refractivity contribution >= 4 is 23.4 Å². The number of hydrogen-bond acceptors (Lipinski definition) is 4. The molecule has 0 radical (unpaired) electrons. The first kappa shape index (κ1) is 34.0. The van der Waals surface area contributed by atoms with Crippen LogP contribution in [0.2, 0.25) is 0 Å². The molecule has 4 fully saturated rings. The van der Waals surface area contributed by atoms with Crippen LogP contribution in [0.25, 0.3) is 5.57 Å². The summed E-state index contributed by atoms with van der Waals surface area (Å²) in [5.41, 5.74) is 3.57. The van der Waals surface area contributed by atoms with Crippen molar-refractivity contribution in [3.63, 3.8) is 0 Å². The third-order valence-electron chi connectivity index (χ3n) is 15.3. The number of carbonyl (C=O) groups excluding carboxylic acids is 1. The molecular weight excluding hydrogens is 590 g/mol. The van der Waals surface area contributed by atoms with Gasteiger partial charge >= 0.3 is 11.9 Å². The Labute approximate surface area is 280 Å². The maximum absolute atomic E-state index is 14.1. The summed E-state index contributed by atoms with van der Waals surface area (Å²) in [5, 5.41) is 31.5. The van der Waals surface area contributed by atoms with Gasteiger partial charge in [0.25, 0.3) is 0 Å². The van der Waals surface area contributed by atoms with Crippen molar-refractivity contribution in [1.82, 2.24) is 5.32 Å². The van der Waals surface area contributed by atoms with E-state index in [0.29, 0.717) is 23.3 Å². The number of rotatable bonds is 7. The van der Waals surface area contributed by atoms with E-state index in [0.717, 1.165) is 68.9 Å². The molecule has 0 saturated heterocycles. The van der Waals surface area contributed by atoms with Crippen LogP contribution in [0.5, 0.6) is 0 Å². The number of aliphatic carboxylic acids is 1. The molecule has 0 heterocycles. The summed E-state index contributed by atoms with van der Waals surface area (Å²) in [7, 11) is 0. The zero-order chi connectivity index (χ0) is 34.3. The second-order valence-corrected chi connectivity index (χ2v) is 17.3. The Morgan fingerprint density at radius 3 is 2.19 bits per heavy atom. The van der Waals surface area contributed by atoms with Gasteiger partial charge < -0.3 is 20.6 Å². The lowest BCUT2D eigenvalue weighted by Gasteiger charge is -2.72. The van der Waals surface area contributed by atoms with E-state index in [-0.39, 0.29) is 45.9 Å². The summed E-state index contributed by atoms with van der Waals surface area (Å²) in [5.74, 6) is -0.482. The Balaban J connectivity index is 1.33. The second-order valence-electron chi connectivity index (χ2n) is 17.3. The van der Waals surface area contributed by atoms with E-state index in [1.165, 1.54) is 5.57 Å². The number of aromatic carboxylic acids is 1. The fourth-order valence-electron chi connectivity index (χ4n) is 12.9. The molecule has 0 bridgehead atoms. The summed E-state index contributed by atoms with van der Waals surface area (Å²) >= 11 is 0. The SMILES string of the molecule is C=C(C)[C@@H]1CC[C@]2(C(=O)NCC(O)C(=O)O)CC[C@]3(C)[C@H](CC[C@@H]4[C@@]5(C)CC=C(c6ccc(C(=O)O)cc6)C(C)(C)[C@@H]5CC[C@]43C)[C@@H]12. The van der Waals surface area contributed by atoms with Crippen LogP contribution in [0.4, 0.5) is 0 Å². The van der Waals surface area contributed by atoms with Gasteiger partial charge in [-0.2, -0.15) is 0 Å². The minimum absolute atomic E-state index is 0.0533. The third-order valence-corrected chi connectivity index (χ3v) is 15.3. The van der Waals surface area contributed by atoms with Crippen molar-refractivity contribution in [3.8, 4) is 0 Å². The van der Waals surface area contributed by atoms with E-state index in [1.54, 1.807) is 12.1 Å². The van der Waals surface area contributed by atoms with Crippen LogP contribution in [-0.2, 0) is 9.59 Å². The number of hydrogen-bond donors (Lipinski definition) is 4. The molecule has 256 valence electrons. The molecule has 5 aliphatic rings. The van der Waals surface area contributed by atoms with Crippen molar-refractivity contribution < 1.29 is 29.7 Å². The minimum atomic E-state index is -1.61. The Morgan fingerprint density at radius 2 is 1.57 bits per heavy atom. The van der Waals surface area contributed by atoms with E-state index in [4.69, 9.17) is 0 Å². The molecule has 1 unspecified atom stereocenters. The van der Waals surface area contributed by atoms with Crippen LogP contribution < -0.4 is 5.32 Å². The molecule has 0 aromatic heterocycles. The summed E-state index contributed by atoms with van der Waals surface area (Å²) in [6.45, 7) is 18.7. The van der Waals surface area contributed by atoms with Gasteiger partial charge in [-0.3, -0.25) is 4.79 Å². The quantitative estimate of drug-likeness (QED) is 0.227. The molecule has 0 aliphatic heterocycles. The number of nitrogens with one attached hydrogen (secondary N) is 1. The standard InChI is InChI=1S/C40H55NO6/c1-23(2)26-14-19-40(35(47)41-22-29(42)34(45)46)21-20-38(6)28(32(26)40)12-13-31-37(5)17-15-27(24-8-10-25(11-9-24)33(43)44)36(3,4)30(37)16-18-39(31,38)7/h8-11,15,26,28-32,42H,1,12-14,16-22H2,2-7H3,(H,41,47)(H,43,44)(H,45,46)/t26-,28+,29?,30-,31+,32+,37-,38+,39+,40-/m0/s1. The van der Waals surface area contributed by atoms with E-state index in [9.17, 15) is 29.7 Å². The van der Waals surface area contributed by atoms with Gasteiger partial charge in [0, 0.05) is 0 Å². The summed E-state index contributed by atoms with van der Waals surface area (Å²) in [6, 6.07) is 7.40. The van der Waals surface area contributed by atoms with Gasteiger partial charge in [0.1, 0.15) is 0 Å². The van der Waals surface area contributed by atoms with Crippen molar-refractivity contribution in [2.45, 2.75) is 105 Å². The summed E-state index contributed by atoms with van der Waals surface area (Å²) in [6.07, 6.45) is 9.82. The lowest BCUT2D eigenvalue weighted by molar-refractivity contribution is -0.225. The van der Waals surface area contributed by atoms with Gasteiger partial charge in [-0.25, -0.2) is 9.59 Å². The number of benzene rings is 1. The molecule has 47 heavy (non-hydrogen) atoms. The monoisotopic (exact) mass is 645 g/mol. The van der Waals surface area contributed by atoms with E-state index in [2.05, 4.69) is 59.5 Å². The molecule has 7 heteroatoms. The zero-order valence-electron chi connectivity index (χ0n) is 29.2. The van der Waals surface area contributed by atoms with Crippen molar-refractivity contribution in [2.75, 3.05) is 6.54 Å². The average molecular weight is 646 g/mol. The Morgan fingerprint density at radius 1 is 0.894 bits per heavy atom. The second kappa shape index (κ2) is 11.3. The molecule has 10 atom stereocenters. The topological polar surface area (TPSA) is 124 Å². The number of carboxylic acid groups (broad SMARTS) is 2. The molecule has 4 N–H and O–H groups in total. The molecule has 4 saturated carbocycles. The lowest BCUT2D eigenvalue weighted by Crippen LogP contribution is -2.66. The van der Waals surface area contributed by atoms with Crippen LogP contribution in [-0.4, -0.2) is 45.8 Å². The zero-order valence-corrected chi connectivity index (χ0v) is 29.2. The maximum Gasteiger partial charge on any atom is 0.335 e. The highest BCUT2D eigenvalue weighted by Gasteiger charge is 2.71. The van der Waals surface area contributed by atoms with Crippen LogP contribution in [0.3, 0.4) is 0 Å². The first-order chi connectivity index (χ1) is 21.9. The van der Waals surface area contributed by atoms with Gasteiger partial charge in [-0.1, -0.05) is 65.0 Å². The Bertz CT molecular complexity index is 1510. The number of allylic oxidation sites excluding steroid dienone is 3. The predicted molar refractivity (Wildman–Crippen MR) is 182 cm³/mol. The molecule has 1 amide bonds. The smallest absolute Gasteiger partial charge is 0.335 e. The highest BCUT2D eigenvalue weighted by atomic mass is 16.4. The number of aliphatic hydroxyl groups excluding tert-OH is 1. The third kappa shape index (κ3) is 4.80. The van der Waals surface area contributed by atoms with Crippen LogP contribution in [0, 0.1) is 56.7 Å². The first-order valence-electron chi connectivity index (χ1n) is 17.8. The number of fused-ring (bicyclic) bond motifs is 7.